The molecule has 0 saturated carbocycles. The molecule has 3 rings (SSSR count). The molecule has 0 amide bonds. The fourth-order valence-electron chi connectivity index (χ4n) is 2.40. The third kappa shape index (κ3) is 1.59. The lowest BCUT2D eigenvalue weighted by atomic mass is 9.83. The number of aromatic amines is 1. The minimum Gasteiger partial charge on any atom is -0.413 e. The van der Waals surface area contributed by atoms with E-state index in [1.807, 2.05) is 0 Å². The van der Waals surface area contributed by atoms with Crippen LogP contribution >= 0.6 is 12.2 Å². The third-order valence-corrected chi connectivity index (χ3v) is 3.30. The second-order valence-corrected chi connectivity index (χ2v) is 4.47. The minimum atomic E-state index is 0.262. The molecule has 0 fully saturated rings. The quantitative estimate of drug-likeness (QED) is 0.768. The fraction of sp³-hybridized carbons (Fsp3) is 0.333. The lowest BCUT2D eigenvalue weighted by Crippen LogP contribution is -2.11. The average Bonchev–Trinajstić information content (AvgIpc) is 2.75. The zero-order chi connectivity index (χ0) is 11.0. The molecule has 1 N–H and O–H groups in total. The monoisotopic (exact) mass is 232 g/mol. The topological polar surface area (TPSA) is 41.8 Å². The van der Waals surface area contributed by atoms with Gasteiger partial charge in [-0.1, -0.05) is 24.3 Å². The summed E-state index contributed by atoms with van der Waals surface area (Å²) < 4.78 is 5.43. The summed E-state index contributed by atoms with van der Waals surface area (Å²) in [7, 11) is 0. The lowest BCUT2D eigenvalue weighted by molar-refractivity contribution is 0.434. The van der Waals surface area contributed by atoms with E-state index in [2.05, 4.69) is 34.5 Å². The molecule has 1 heterocycles. The second-order valence-electron chi connectivity index (χ2n) is 4.09. The highest BCUT2D eigenvalue weighted by molar-refractivity contribution is 7.71. The lowest BCUT2D eigenvalue weighted by Gasteiger charge is -2.22. The van der Waals surface area contributed by atoms with Crippen molar-refractivity contribution in [3.63, 3.8) is 0 Å². The van der Waals surface area contributed by atoms with Crippen LogP contribution in [0.3, 0.4) is 0 Å². The number of aromatic nitrogens is 2. The SMILES string of the molecule is S=c1[nH]nc(C2CCCc3ccccc32)o1. The highest BCUT2D eigenvalue weighted by atomic mass is 32.1. The van der Waals surface area contributed by atoms with Gasteiger partial charge >= 0.3 is 0 Å². The van der Waals surface area contributed by atoms with Crippen LogP contribution in [0, 0.1) is 4.84 Å². The molecule has 0 aliphatic heterocycles. The summed E-state index contributed by atoms with van der Waals surface area (Å²) in [5, 5.41) is 6.84. The van der Waals surface area contributed by atoms with Gasteiger partial charge in [-0.2, -0.15) is 0 Å². The van der Waals surface area contributed by atoms with Crippen molar-refractivity contribution in [2.45, 2.75) is 25.2 Å². The number of hydrogen-bond acceptors (Lipinski definition) is 3. The molecule has 82 valence electrons. The van der Waals surface area contributed by atoms with E-state index in [4.69, 9.17) is 16.6 Å². The summed E-state index contributed by atoms with van der Waals surface area (Å²) in [6.45, 7) is 0. The van der Waals surface area contributed by atoms with E-state index in [0.29, 0.717) is 4.84 Å². The van der Waals surface area contributed by atoms with E-state index in [1.54, 1.807) is 0 Å². The number of benzene rings is 1. The number of fused-ring (bicyclic) bond motifs is 1. The summed E-state index contributed by atoms with van der Waals surface area (Å²) in [6.07, 6.45) is 3.41. The Labute approximate surface area is 98.5 Å². The van der Waals surface area contributed by atoms with Crippen LogP contribution in [-0.2, 0) is 6.42 Å². The first-order chi connectivity index (χ1) is 7.84. The molecule has 1 aromatic heterocycles. The molecular weight excluding hydrogens is 220 g/mol. The van der Waals surface area contributed by atoms with E-state index >= 15 is 0 Å². The molecule has 1 aromatic carbocycles. The standard InChI is InChI=1S/C12H12N2OS/c16-12-14-13-11(15-12)10-7-3-5-8-4-1-2-6-9(8)10/h1-2,4,6,10H,3,5,7H2,(H,14,16). The first-order valence-electron chi connectivity index (χ1n) is 5.48. The van der Waals surface area contributed by atoms with Gasteiger partial charge in [0.15, 0.2) is 0 Å². The van der Waals surface area contributed by atoms with Crippen molar-refractivity contribution < 1.29 is 4.42 Å². The van der Waals surface area contributed by atoms with Crippen LogP contribution in [0.2, 0.25) is 0 Å². The summed E-state index contributed by atoms with van der Waals surface area (Å²) in [5.74, 6) is 0.982. The molecule has 2 aromatic rings. The Kier molecular flexibility index (Phi) is 2.36. The Morgan fingerprint density at radius 3 is 3.06 bits per heavy atom. The molecule has 3 nitrogen and oxygen atoms in total. The zero-order valence-corrected chi connectivity index (χ0v) is 9.59. The van der Waals surface area contributed by atoms with Gasteiger partial charge in [-0.3, -0.25) is 0 Å². The van der Waals surface area contributed by atoms with Crippen molar-refractivity contribution in [2.24, 2.45) is 0 Å². The van der Waals surface area contributed by atoms with Crippen LogP contribution in [0.4, 0.5) is 0 Å². The zero-order valence-electron chi connectivity index (χ0n) is 8.77. The first-order valence-corrected chi connectivity index (χ1v) is 5.88. The first kappa shape index (κ1) is 9.78. The molecule has 1 unspecified atom stereocenters. The van der Waals surface area contributed by atoms with Gasteiger partial charge in [-0.15, -0.1) is 5.10 Å². The molecule has 0 radical (unpaired) electrons. The van der Waals surface area contributed by atoms with Crippen LogP contribution in [0.1, 0.15) is 35.8 Å². The van der Waals surface area contributed by atoms with Gasteiger partial charge in [-0.05, 0) is 42.6 Å². The number of nitrogens with one attached hydrogen (secondary N) is 1. The Balaban J connectivity index is 2.08. The predicted molar refractivity (Wildman–Crippen MR) is 62.9 cm³/mol. The minimum absolute atomic E-state index is 0.262. The summed E-state index contributed by atoms with van der Waals surface area (Å²) in [6, 6.07) is 8.50. The number of H-pyrrole nitrogens is 1. The number of nitrogens with zero attached hydrogens (tertiary/aromatic N) is 1. The number of aryl methyl sites for hydroxylation is 1. The van der Waals surface area contributed by atoms with Crippen molar-refractivity contribution in [1.29, 1.82) is 0 Å². The van der Waals surface area contributed by atoms with Crippen LogP contribution in [-0.4, -0.2) is 10.2 Å². The molecule has 1 aliphatic rings. The van der Waals surface area contributed by atoms with Crippen molar-refractivity contribution in [1.82, 2.24) is 10.2 Å². The van der Waals surface area contributed by atoms with Gasteiger partial charge in [0.2, 0.25) is 5.89 Å². The Morgan fingerprint density at radius 2 is 2.25 bits per heavy atom. The maximum atomic E-state index is 5.43. The number of hydrogen-bond donors (Lipinski definition) is 1. The van der Waals surface area contributed by atoms with Crippen molar-refractivity contribution in [2.75, 3.05) is 0 Å². The molecular formula is C12H12N2OS. The fourth-order valence-corrected chi connectivity index (χ4v) is 2.53. The molecule has 0 bridgehead atoms. The van der Waals surface area contributed by atoms with E-state index < -0.39 is 0 Å². The predicted octanol–water partition coefficient (Wildman–Crippen LogP) is 3.20. The largest absolute Gasteiger partial charge is 0.413 e. The molecule has 4 heteroatoms. The molecule has 16 heavy (non-hydrogen) atoms. The van der Waals surface area contributed by atoms with E-state index in [0.717, 1.165) is 18.7 Å². The summed E-state index contributed by atoms with van der Waals surface area (Å²) in [4.78, 5) is 0.359. The Morgan fingerprint density at radius 1 is 1.38 bits per heavy atom. The van der Waals surface area contributed by atoms with Gasteiger partial charge < -0.3 is 4.42 Å². The van der Waals surface area contributed by atoms with Crippen LogP contribution in [0.25, 0.3) is 0 Å². The number of rotatable bonds is 1. The maximum Gasteiger partial charge on any atom is 0.284 e. The van der Waals surface area contributed by atoms with Crippen LogP contribution < -0.4 is 0 Å². The maximum absolute atomic E-state index is 5.43. The molecule has 1 atom stereocenters. The van der Waals surface area contributed by atoms with Gasteiger partial charge in [0, 0.05) is 0 Å². The van der Waals surface area contributed by atoms with Gasteiger partial charge in [-0.25, -0.2) is 5.10 Å². The highest BCUT2D eigenvalue weighted by Gasteiger charge is 2.24. The van der Waals surface area contributed by atoms with E-state index in [-0.39, 0.29) is 5.92 Å². The third-order valence-electron chi connectivity index (χ3n) is 3.12. The van der Waals surface area contributed by atoms with Crippen LogP contribution in [0.5, 0.6) is 0 Å². The van der Waals surface area contributed by atoms with Gasteiger partial charge in [0.1, 0.15) is 0 Å². The Bertz CT molecular complexity index is 558. The summed E-state index contributed by atoms with van der Waals surface area (Å²) in [5.41, 5.74) is 2.74. The van der Waals surface area contributed by atoms with Crippen molar-refractivity contribution in [3.8, 4) is 0 Å². The van der Waals surface area contributed by atoms with Gasteiger partial charge in [0.25, 0.3) is 4.84 Å². The van der Waals surface area contributed by atoms with Crippen LogP contribution in [0.15, 0.2) is 28.7 Å². The van der Waals surface area contributed by atoms with E-state index in [1.165, 1.54) is 17.5 Å². The second kappa shape index (κ2) is 3.87. The van der Waals surface area contributed by atoms with Crippen molar-refractivity contribution in [3.05, 3.63) is 46.1 Å². The van der Waals surface area contributed by atoms with E-state index in [9.17, 15) is 0 Å². The average molecular weight is 232 g/mol. The molecule has 0 saturated heterocycles. The smallest absolute Gasteiger partial charge is 0.284 e. The molecule has 0 spiro atoms. The highest BCUT2D eigenvalue weighted by Crippen LogP contribution is 2.35. The normalized spacial score (nSPS) is 19.4. The molecule has 1 aliphatic carbocycles. The Hall–Kier alpha value is -1.42. The van der Waals surface area contributed by atoms with Gasteiger partial charge in [0.05, 0.1) is 5.92 Å². The summed E-state index contributed by atoms with van der Waals surface area (Å²) >= 11 is 4.92. The van der Waals surface area contributed by atoms with Crippen molar-refractivity contribution >= 4 is 12.2 Å².